The fourth-order valence-electron chi connectivity index (χ4n) is 2.67. The summed E-state index contributed by atoms with van der Waals surface area (Å²) in [4.78, 5) is 25.8. The van der Waals surface area contributed by atoms with E-state index in [2.05, 4.69) is 15.9 Å². The normalized spacial score (nSPS) is 13.2. The standard InChI is InChI=1S/C19H18BrNO5/c1-24-18(22)14-9-15-11-21(7-8-25-17(15)16(20)10-14)19(23)26-12-13-5-3-2-4-6-13/h2-6,9-10H,7-8,11-12H2,1H3. The molecule has 2 aromatic carbocycles. The van der Waals surface area contributed by atoms with Gasteiger partial charge in [-0.2, -0.15) is 0 Å². The van der Waals surface area contributed by atoms with E-state index in [0.29, 0.717) is 34.5 Å². The van der Waals surface area contributed by atoms with Gasteiger partial charge in [-0.3, -0.25) is 0 Å². The van der Waals surface area contributed by atoms with Crippen molar-refractivity contribution in [3.8, 4) is 5.75 Å². The van der Waals surface area contributed by atoms with Crippen LogP contribution in [0.1, 0.15) is 21.5 Å². The van der Waals surface area contributed by atoms with Crippen LogP contribution in [0, 0.1) is 0 Å². The van der Waals surface area contributed by atoms with Crippen LogP contribution in [-0.4, -0.2) is 37.2 Å². The van der Waals surface area contributed by atoms with E-state index < -0.39 is 12.1 Å². The Kier molecular flexibility index (Phi) is 5.78. The minimum absolute atomic E-state index is 0.204. The van der Waals surface area contributed by atoms with Gasteiger partial charge in [-0.15, -0.1) is 0 Å². The lowest BCUT2D eigenvalue weighted by atomic mass is 10.1. The molecular weight excluding hydrogens is 402 g/mol. The number of amides is 1. The number of fused-ring (bicyclic) bond motifs is 1. The van der Waals surface area contributed by atoms with Gasteiger partial charge in [0.15, 0.2) is 0 Å². The van der Waals surface area contributed by atoms with E-state index in [-0.39, 0.29) is 13.2 Å². The topological polar surface area (TPSA) is 65.1 Å². The van der Waals surface area contributed by atoms with E-state index in [4.69, 9.17) is 14.2 Å². The number of methoxy groups -OCH3 is 1. The Morgan fingerprint density at radius 2 is 2.00 bits per heavy atom. The van der Waals surface area contributed by atoms with Crippen LogP contribution in [-0.2, 0) is 22.6 Å². The van der Waals surface area contributed by atoms with Crippen molar-refractivity contribution in [2.45, 2.75) is 13.2 Å². The molecule has 0 saturated heterocycles. The molecule has 3 rings (SSSR count). The molecule has 2 aromatic rings. The zero-order chi connectivity index (χ0) is 18.5. The first-order chi connectivity index (χ1) is 12.6. The monoisotopic (exact) mass is 419 g/mol. The number of rotatable bonds is 3. The van der Waals surface area contributed by atoms with Gasteiger partial charge in [0, 0.05) is 5.56 Å². The van der Waals surface area contributed by atoms with Crippen molar-refractivity contribution in [2.75, 3.05) is 20.3 Å². The summed E-state index contributed by atoms with van der Waals surface area (Å²) < 4.78 is 16.6. The molecule has 0 unspecified atom stereocenters. The molecule has 6 nitrogen and oxygen atoms in total. The first-order valence-corrected chi connectivity index (χ1v) is 8.87. The SMILES string of the molecule is COC(=O)c1cc(Br)c2c(c1)CN(C(=O)OCc1ccccc1)CCO2. The van der Waals surface area contributed by atoms with Gasteiger partial charge >= 0.3 is 12.1 Å². The van der Waals surface area contributed by atoms with Crippen molar-refractivity contribution in [3.63, 3.8) is 0 Å². The molecule has 1 aliphatic heterocycles. The fraction of sp³-hybridized carbons (Fsp3) is 0.263. The molecule has 7 heteroatoms. The molecule has 1 amide bonds. The molecule has 0 radical (unpaired) electrons. The lowest BCUT2D eigenvalue weighted by Gasteiger charge is -2.19. The Bertz CT molecular complexity index is 809. The van der Waals surface area contributed by atoms with Gasteiger partial charge in [0.05, 0.1) is 30.2 Å². The molecule has 0 saturated carbocycles. The largest absolute Gasteiger partial charge is 0.490 e. The molecular formula is C19H18BrNO5. The van der Waals surface area contributed by atoms with Crippen LogP contribution in [0.2, 0.25) is 0 Å². The van der Waals surface area contributed by atoms with Crippen molar-refractivity contribution in [2.24, 2.45) is 0 Å². The maximum absolute atomic E-state index is 12.4. The summed E-state index contributed by atoms with van der Waals surface area (Å²) in [6.07, 6.45) is -0.426. The highest BCUT2D eigenvalue weighted by molar-refractivity contribution is 9.10. The van der Waals surface area contributed by atoms with Crippen molar-refractivity contribution < 1.29 is 23.8 Å². The number of hydrogen-bond donors (Lipinski definition) is 0. The van der Waals surface area contributed by atoms with Crippen molar-refractivity contribution in [1.29, 1.82) is 0 Å². The summed E-state index contributed by atoms with van der Waals surface area (Å²) >= 11 is 3.42. The van der Waals surface area contributed by atoms with E-state index in [0.717, 1.165) is 5.56 Å². The van der Waals surface area contributed by atoms with E-state index in [9.17, 15) is 9.59 Å². The molecule has 0 aliphatic carbocycles. The number of hydrogen-bond acceptors (Lipinski definition) is 5. The lowest BCUT2D eigenvalue weighted by molar-refractivity contribution is 0.0600. The molecule has 136 valence electrons. The Labute approximate surface area is 159 Å². The average molecular weight is 420 g/mol. The zero-order valence-corrected chi connectivity index (χ0v) is 15.8. The minimum Gasteiger partial charge on any atom is -0.490 e. The third kappa shape index (κ3) is 4.16. The van der Waals surface area contributed by atoms with Crippen LogP contribution in [0.4, 0.5) is 4.79 Å². The predicted molar refractivity (Wildman–Crippen MR) is 98.0 cm³/mol. The Balaban J connectivity index is 1.74. The number of halogens is 1. The van der Waals surface area contributed by atoms with Crippen LogP contribution in [0.3, 0.4) is 0 Å². The molecule has 0 fully saturated rings. The maximum Gasteiger partial charge on any atom is 0.410 e. The molecule has 0 bridgehead atoms. The average Bonchev–Trinajstić information content (AvgIpc) is 2.89. The molecule has 0 aromatic heterocycles. The Morgan fingerprint density at radius 1 is 1.23 bits per heavy atom. The molecule has 0 N–H and O–H groups in total. The maximum atomic E-state index is 12.4. The first-order valence-electron chi connectivity index (χ1n) is 8.07. The van der Waals surface area contributed by atoms with Crippen LogP contribution in [0.5, 0.6) is 5.75 Å². The summed E-state index contributed by atoms with van der Waals surface area (Å²) in [5.41, 5.74) is 2.03. The van der Waals surface area contributed by atoms with Crippen molar-refractivity contribution in [1.82, 2.24) is 4.90 Å². The highest BCUT2D eigenvalue weighted by atomic mass is 79.9. The minimum atomic E-state index is -0.448. The smallest absolute Gasteiger partial charge is 0.410 e. The van der Waals surface area contributed by atoms with Crippen molar-refractivity contribution in [3.05, 3.63) is 63.6 Å². The number of esters is 1. The second-order valence-corrected chi connectivity index (χ2v) is 6.60. The van der Waals surface area contributed by atoms with Gasteiger partial charge in [0.1, 0.15) is 19.0 Å². The Morgan fingerprint density at radius 3 is 2.73 bits per heavy atom. The van der Waals surface area contributed by atoms with Gasteiger partial charge in [-0.1, -0.05) is 30.3 Å². The Hall–Kier alpha value is -2.54. The second kappa shape index (κ2) is 8.23. The van der Waals surface area contributed by atoms with Crippen LogP contribution < -0.4 is 4.74 Å². The van der Waals surface area contributed by atoms with Gasteiger partial charge in [0.25, 0.3) is 0 Å². The number of ether oxygens (including phenoxy) is 3. The van der Waals surface area contributed by atoms with E-state index in [1.165, 1.54) is 7.11 Å². The second-order valence-electron chi connectivity index (χ2n) is 5.75. The van der Waals surface area contributed by atoms with Gasteiger partial charge in [-0.05, 0) is 33.6 Å². The van der Waals surface area contributed by atoms with Gasteiger partial charge in [0.2, 0.25) is 0 Å². The highest BCUT2D eigenvalue weighted by Crippen LogP contribution is 2.33. The number of carbonyl (C=O) groups is 2. The third-order valence-corrected chi connectivity index (χ3v) is 4.56. The number of benzene rings is 2. The fourth-order valence-corrected chi connectivity index (χ4v) is 3.29. The lowest BCUT2D eigenvalue weighted by Crippen LogP contribution is -2.32. The molecule has 0 atom stereocenters. The van der Waals surface area contributed by atoms with Crippen LogP contribution >= 0.6 is 15.9 Å². The summed E-state index contributed by atoms with van der Waals surface area (Å²) in [7, 11) is 1.33. The summed E-state index contributed by atoms with van der Waals surface area (Å²) in [5.74, 6) is 0.173. The summed E-state index contributed by atoms with van der Waals surface area (Å²) in [6, 6.07) is 12.8. The van der Waals surface area contributed by atoms with E-state index in [1.807, 2.05) is 30.3 Å². The van der Waals surface area contributed by atoms with Crippen molar-refractivity contribution >= 4 is 28.0 Å². The first kappa shape index (κ1) is 18.3. The van der Waals surface area contributed by atoms with Gasteiger partial charge < -0.3 is 19.1 Å². The molecule has 0 spiro atoms. The molecule has 26 heavy (non-hydrogen) atoms. The van der Waals surface area contributed by atoms with Crippen LogP contribution in [0.25, 0.3) is 0 Å². The van der Waals surface area contributed by atoms with E-state index in [1.54, 1.807) is 17.0 Å². The van der Waals surface area contributed by atoms with Gasteiger partial charge in [-0.25, -0.2) is 9.59 Å². The highest BCUT2D eigenvalue weighted by Gasteiger charge is 2.24. The predicted octanol–water partition coefficient (Wildman–Crippen LogP) is 3.77. The third-order valence-electron chi connectivity index (χ3n) is 3.97. The quantitative estimate of drug-likeness (QED) is 0.708. The number of nitrogens with zero attached hydrogens (tertiary/aromatic N) is 1. The number of carbonyl (C=O) groups excluding carboxylic acids is 2. The molecule has 1 aliphatic rings. The summed E-state index contributed by atoms with van der Waals surface area (Å²) in [5, 5.41) is 0. The molecule has 1 heterocycles. The van der Waals surface area contributed by atoms with Crippen LogP contribution in [0.15, 0.2) is 46.9 Å². The summed E-state index contributed by atoms with van der Waals surface area (Å²) in [6.45, 7) is 1.22. The zero-order valence-electron chi connectivity index (χ0n) is 14.2. The van der Waals surface area contributed by atoms with E-state index >= 15 is 0 Å².